The molecule has 0 spiro atoms. The predicted molar refractivity (Wildman–Crippen MR) is 155 cm³/mol. The molecule has 5 aromatic rings. The van der Waals surface area contributed by atoms with Gasteiger partial charge in [0.2, 0.25) is 0 Å². The molecule has 0 aliphatic carbocycles. The lowest BCUT2D eigenvalue weighted by Gasteiger charge is -2.37. The molecule has 5 rings (SSSR count). The van der Waals surface area contributed by atoms with Crippen molar-refractivity contribution in [2.45, 2.75) is 17.5 Å². The number of alkyl halides is 1. The van der Waals surface area contributed by atoms with Crippen molar-refractivity contribution in [2.24, 2.45) is 4.99 Å². The number of hydrogen-bond donors (Lipinski definition) is 0. The number of esters is 1. The molecule has 1 atom stereocenters. The van der Waals surface area contributed by atoms with Crippen molar-refractivity contribution in [3.05, 3.63) is 162 Å². The van der Waals surface area contributed by atoms with Crippen molar-refractivity contribution in [3.8, 4) is 0 Å². The normalized spacial score (nSPS) is 13.2. The molecule has 40 heavy (non-hydrogen) atoms. The van der Waals surface area contributed by atoms with Gasteiger partial charge in [-0.2, -0.15) is 0 Å². The zero-order valence-electron chi connectivity index (χ0n) is 22.2. The molecule has 0 saturated heterocycles. The minimum absolute atomic E-state index is 0.0685. The Morgan fingerprint density at radius 1 is 0.825 bits per heavy atom. The van der Waals surface area contributed by atoms with E-state index in [2.05, 4.69) is 46.4 Å². The third-order valence-electron chi connectivity index (χ3n) is 7.12. The third-order valence-corrected chi connectivity index (χ3v) is 7.12. The molecule has 0 amide bonds. The zero-order chi connectivity index (χ0) is 27.8. The van der Waals surface area contributed by atoms with Crippen molar-refractivity contribution >= 4 is 12.2 Å². The molecule has 1 heterocycles. The smallest absolute Gasteiger partial charge is 0.336 e. The van der Waals surface area contributed by atoms with Crippen LogP contribution < -0.4 is 0 Å². The van der Waals surface area contributed by atoms with Gasteiger partial charge in [0, 0.05) is 18.8 Å². The Hall–Kier alpha value is -4.84. The molecule has 0 fully saturated rings. The van der Waals surface area contributed by atoms with Crippen molar-refractivity contribution in [3.63, 3.8) is 0 Å². The summed E-state index contributed by atoms with van der Waals surface area (Å²) < 4.78 is 21.8. The number of rotatable bonds is 10. The first-order valence-electron chi connectivity index (χ1n) is 13.1. The Morgan fingerprint density at radius 3 is 1.75 bits per heavy atom. The van der Waals surface area contributed by atoms with Crippen LogP contribution in [0.5, 0.6) is 0 Å². The topological polar surface area (TPSA) is 56.5 Å². The highest BCUT2D eigenvalue weighted by Crippen LogP contribution is 2.41. The first-order valence-corrected chi connectivity index (χ1v) is 13.1. The summed E-state index contributed by atoms with van der Waals surface area (Å²) in [5.74, 6) is -0.753. The summed E-state index contributed by atoms with van der Waals surface area (Å²) in [4.78, 5) is 22.1. The van der Waals surface area contributed by atoms with E-state index in [0.717, 1.165) is 22.3 Å². The highest BCUT2D eigenvalue weighted by molar-refractivity contribution is 5.87. The van der Waals surface area contributed by atoms with E-state index < -0.39 is 23.7 Å². The van der Waals surface area contributed by atoms with E-state index in [1.807, 2.05) is 95.7 Å². The van der Waals surface area contributed by atoms with Gasteiger partial charge in [0.25, 0.3) is 0 Å². The van der Waals surface area contributed by atoms with Crippen LogP contribution in [0.2, 0.25) is 0 Å². The van der Waals surface area contributed by atoms with Crippen LogP contribution in [0.4, 0.5) is 4.39 Å². The van der Waals surface area contributed by atoms with Crippen LogP contribution >= 0.6 is 0 Å². The Kier molecular flexibility index (Phi) is 7.97. The van der Waals surface area contributed by atoms with Crippen molar-refractivity contribution < 1.29 is 13.9 Å². The Labute approximate surface area is 233 Å². The van der Waals surface area contributed by atoms with E-state index >= 15 is 0 Å². The number of nitrogens with zero attached hydrogens (tertiary/aromatic N) is 3. The van der Waals surface area contributed by atoms with E-state index in [9.17, 15) is 9.18 Å². The maximum Gasteiger partial charge on any atom is 0.336 e. The predicted octanol–water partition coefficient (Wildman–Crippen LogP) is 6.27. The molecule has 1 aromatic heterocycles. The van der Waals surface area contributed by atoms with Crippen molar-refractivity contribution in [2.75, 3.05) is 13.8 Å². The first-order chi connectivity index (χ1) is 19.6. The van der Waals surface area contributed by atoms with Gasteiger partial charge in [-0.1, -0.05) is 121 Å². The number of imidazole rings is 1. The maximum absolute atomic E-state index is 14.7. The molecule has 200 valence electrons. The van der Waals surface area contributed by atoms with Crippen molar-refractivity contribution in [1.82, 2.24) is 9.55 Å². The fourth-order valence-corrected chi connectivity index (χ4v) is 5.16. The van der Waals surface area contributed by atoms with Crippen LogP contribution in [0.25, 0.3) is 0 Å². The van der Waals surface area contributed by atoms with Gasteiger partial charge >= 0.3 is 5.97 Å². The largest absolute Gasteiger partial charge is 0.467 e. The summed E-state index contributed by atoms with van der Waals surface area (Å²) in [5.41, 5.74) is 1.82. The van der Waals surface area contributed by atoms with E-state index in [1.165, 1.54) is 13.3 Å². The van der Waals surface area contributed by atoms with Gasteiger partial charge in [-0.05, 0) is 22.3 Å². The number of aliphatic imine (C=N–C) groups is 1. The minimum atomic E-state index is -1.77. The molecular formula is C34H30FN3O2. The van der Waals surface area contributed by atoms with Crippen LogP contribution in [0.1, 0.15) is 27.9 Å². The molecule has 0 N–H and O–H groups in total. The monoisotopic (exact) mass is 531 g/mol. The molecule has 0 saturated carbocycles. The SMILES string of the molecule is COC(=O)C(CF)(Cc1cn(C(c2ccccc2)(c2ccccc2)c2ccccc2)cn1)N=Cc1ccccc1. The highest BCUT2D eigenvalue weighted by Gasteiger charge is 2.42. The number of carbonyl (C=O) groups excluding carboxylic acids is 1. The average molecular weight is 532 g/mol. The number of methoxy groups -OCH3 is 1. The molecule has 4 aromatic carbocycles. The number of carbonyl (C=O) groups is 1. The summed E-state index contributed by atoms with van der Waals surface area (Å²) >= 11 is 0. The fraction of sp³-hybridized carbons (Fsp3) is 0.147. The Balaban J connectivity index is 1.65. The molecule has 1 unspecified atom stereocenters. The summed E-state index contributed by atoms with van der Waals surface area (Å²) in [6.45, 7) is -1.03. The molecule has 0 radical (unpaired) electrons. The quantitative estimate of drug-likeness (QED) is 0.121. The Bertz CT molecular complexity index is 1460. The first kappa shape index (κ1) is 26.8. The average Bonchev–Trinajstić information content (AvgIpc) is 3.49. The lowest BCUT2D eigenvalue weighted by atomic mass is 9.76. The number of hydrogen-bond acceptors (Lipinski definition) is 4. The number of halogens is 1. The van der Waals surface area contributed by atoms with Gasteiger partial charge in [-0.25, -0.2) is 14.2 Å². The standard InChI is InChI=1S/C34H30FN3O2/c1-40-32(39)33(25-35,37-23-27-14-6-2-7-15-27)22-31-24-38(26-36-31)34(28-16-8-3-9-17-28,29-18-10-4-11-19-29)30-20-12-5-13-21-30/h2-21,23-24,26H,22,25H2,1H3. The van der Waals surface area contributed by atoms with Crippen molar-refractivity contribution in [1.29, 1.82) is 0 Å². The second-order valence-electron chi connectivity index (χ2n) is 9.58. The number of ether oxygens (including phenoxy) is 1. The summed E-state index contributed by atoms with van der Waals surface area (Å²) in [6, 6.07) is 39.8. The summed E-state index contributed by atoms with van der Waals surface area (Å²) in [7, 11) is 1.24. The zero-order valence-corrected chi connectivity index (χ0v) is 22.2. The lowest BCUT2D eigenvalue weighted by Crippen LogP contribution is -2.43. The van der Waals surface area contributed by atoms with Crippen LogP contribution in [0.15, 0.2) is 139 Å². The van der Waals surface area contributed by atoms with Gasteiger partial charge in [-0.3, -0.25) is 4.99 Å². The number of aromatic nitrogens is 2. The molecule has 0 aliphatic heterocycles. The van der Waals surface area contributed by atoms with Gasteiger partial charge in [0.15, 0.2) is 5.54 Å². The van der Waals surface area contributed by atoms with Crippen LogP contribution in [-0.2, 0) is 21.5 Å². The fourth-order valence-electron chi connectivity index (χ4n) is 5.16. The third kappa shape index (κ3) is 5.08. The van der Waals surface area contributed by atoms with Gasteiger partial charge < -0.3 is 9.30 Å². The van der Waals surface area contributed by atoms with Gasteiger partial charge in [0.05, 0.1) is 19.1 Å². The molecule has 6 heteroatoms. The van der Waals surface area contributed by atoms with E-state index in [4.69, 9.17) is 4.74 Å². The van der Waals surface area contributed by atoms with Gasteiger partial charge in [-0.15, -0.1) is 0 Å². The van der Waals surface area contributed by atoms with Crippen LogP contribution in [-0.4, -0.2) is 41.1 Å². The molecule has 0 aliphatic rings. The maximum atomic E-state index is 14.7. The second-order valence-corrected chi connectivity index (χ2v) is 9.58. The summed E-state index contributed by atoms with van der Waals surface area (Å²) in [5, 5.41) is 0. The highest BCUT2D eigenvalue weighted by atomic mass is 19.1. The van der Waals surface area contributed by atoms with Crippen LogP contribution in [0, 0.1) is 0 Å². The van der Waals surface area contributed by atoms with Crippen LogP contribution in [0.3, 0.4) is 0 Å². The minimum Gasteiger partial charge on any atom is -0.467 e. The Morgan fingerprint density at radius 2 is 1.30 bits per heavy atom. The second kappa shape index (κ2) is 11.9. The van der Waals surface area contributed by atoms with E-state index in [0.29, 0.717) is 5.69 Å². The molecule has 0 bridgehead atoms. The van der Waals surface area contributed by atoms with Gasteiger partial charge in [0.1, 0.15) is 12.2 Å². The molecule has 5 nitrogen and oxygen atoms in total. The lowest BCUT2D eigenvalue weighted by molar-refractivity contribution is -0.147. The number of benzene rings is 4. The van der Waals surface area contributed by atoms with E-state index in [1.54, 1.807) is 6.33 Å². The summed E-state index contributed by atoms with van der Waals surface area (Å²) in [6.07, 6.45) is 5.05. The molecular weight excluding hydrogens is 501 g/mol. The van der Waals surface area contributed by atoms with E-state index in [-0.39, 0.29) is 6.42 Å².